The Morgan fingerprint density at radius 2 is 1.93 bits per heavy atom. The lowest BCUT2D eigenvalue weighted by Crippen LogP contribution is -2.27. The lowest BCUT2D eigenvalue weighted by Gasteiger charge is -2.23. The third kappa shape index (κ3) is 2.77. The van der Waals surface area contributed by atoms with Gasteiger partial charge in [-0.3, -0.25) is 18.5 Å². The largest absolute Gasteiger partial charge is 0.366 e. The minimum Gasteiger partial charge on any atom is -0.366 e. The molecule has 1 unspecified atom stereocenters. The molecule has 0 saturated carbocycles. The van der Waals surface area contributed by atoms with Gasteiger partial charge >= 0.3 is 0 Å². The van der Waals surface area contributed by atoms with Crippen LogP contribution < -0.4 is 21.6 Å². The van der Waals surface area contributed by atoms with Gasteiger partial charge in [-0.25, -0.2) is 8.78 Å². The molecule has 1 saturated heterocycles. The van der Waals surface area contributed by atoms with E-state index in [2.05, 4.69) is 4.37 Å². The van der Waals surface area contributed by atoms with Gasteiger partial charge in [0.2, 0.25) is 5.43 Å². The third-order valence-corrected chi connectivity index (χ3v) is 6.60. The SMILES string of the molecule is NC1CCN(c2c(F)cc3c(=O)c4c(=O)[nH]sc4n(-c4ccc(F)cc4)c3c2Cl)C1. The van der Waals surface area contributed by atoms with Gasteiger partial charge in [-0.1, -0.05) is 11.6 Å². The van der Waals surface area contributed by atoms with Gasteiger partial charge < -0.3 is 10.6 Å². The second-order valence-electron chi connectivity index (χ2n) is 7.27. The molecule has 1 fully saturated rings. The molecule has 4 aromatic rings. The smallest absolute Gasteiger partial charge is 0.271 e. The van der Waals surface area contributed by atoms with Crippen LogP contribution in [0.2, 0.25) is 5.02 Å². The van der Waals surface area contributed by atoms with Crippen molar-refractivity contribution in [2.24, 2.45) is 5.73 Å². The fourth-order valence-electron chi connectivity index (χ4n) is 3.99. The van der Waals surface area contributed by atoms with Crippen molar-refractivity contribution in [1.82, 2.24) is 8.94 Å². The van der Waals surface area contributed by atoms with Crippen LogP contribution in [0.4, 0.5) is 14.5 Å². The molecule has 10 heteroatoms. The molecule has 1 aliphatic rings. The molecule has 0 aliphatic carbocycles. The Labute approximate surface area is 177 Å². The summed E-state index contributed by atoms with van der Waals surface area (Å²) in [5, 5.41) is -0.0722. The van der Waals surface area contributed by atoms with Crippen molar-refractivity contribution < 1.29 is 8.78 Å². The average Bonchev–Trinajstić information content (AvgIpc) is 3.30. The average molecular weight is 449 g/mol. The van der Waals surface area contributed by atoms with E-state index in [1.165, 1.54) is 24.3 Å². The first-order valence-corrected chi connectivity index (χ1v) is 10.4. The zero-order valence-electron chi connectivity index (χ0n) is 15.4. The summed E-state index contributed by atoms with van der Waals surface area (Å²) in [6.07, 6.45) is 0.692. The quantitative estimate of drug-likeness (QED) is 0.492. The van der Waals surface area contributed by atoms with E-state index in [0.29, 0.717) is 30.0 Å². The molecule has 154 valence electrons. The predicted molar refractivity (Wildman–Crippen MR) is 115 cm³/mol. The summed E-state index contributed by atoms with van der Waals surface area (Å²) in [5.74, 6) is -1.10. The Morgan fingerprint density at radius 1 is 1.20 bits per heavy atom. The zero-order chi connectivity index (χ0) is 21.2. The van der Waals surface area contributed by atoms with Gasteiger partial charge in [0.15, 0.2) is 0 Å². The number of nitrogens with one attached hydrogen (secondary N) is 1. The van der Waals surface area contributed by atoms with Crippen molar-refractivity contribution >= 4 is 49.9 Å². The van der Waals surface area contributed by atoms with Crippen LogP contribution in [-0.4, -0.2) is 28.1 Å². The van der Waals surface area contributed by atoms with E-state index in [9.17, 15) is 14.0 Å². The molecule has 3 heterocycles. The van der Waals surface area contributed by atoms with Gasteiger partial charge in [-0.2, -0.15) is 0 Å². The number of nitrogens with two attached hydrogens (primary N) is 1. The maximum absolute atomic E-state index is 15.1. The highest BCUT2D eigenvalue weighted by atomic mass is 35.5. The van der Waals surface area contributed by atoms with Gasteiger partial charge in [0, 0.05) is 24.8 Å². The maximum Gasteiger partial charge on any atom is 0.271 e. The fraction of sp³-hybridized carbons (Fsp3) is 0.200. The number of halogens is 3. The van der Waals surface area contributed by atoms with E-state index in [1.807, 2.05) is 0 Å². The number of hydrogen-bond acceptors (Lipinski definition) is 5. The number of fused-ring (bicyclic) bond motifs is 2. The molecular weight excluding hydrogens is 434 g/mol. The van der Waals surface area contributed by atoms with Gasteiger partial charge in [-0.05, 0) is 48.3 Å². The van der Waals surface area contributed by atoms with Crippen molar-refractivity contribution in [2.75, 3.05) is 18.0 Å². The summed E-state index contributed by atoms with van der Waals surface area (Å²) in [7, 11) is 0. The second-order valence-corrected chi connectivity index (χ2v) is 8.44. The summed E-state index contributed by atoms with van der Waals surface area (Å²) in [6, 6.07) is 6.55. The normalized spacial score (nSPS) is 16.8. The highest BCUT2D eigenvalue weighted by Crippen LogP contribution is 2.39. The molecule has 3 N–H and O–H groups in total. The van der Waals surface area contributed by atoms with Crippen LogP contribution >= 0.6 is 23.1 Å². The summed E-state index contributed by atoms with van der Waals surface area (Å²) in [6.45, 7) is 0.965. The number of anilines is 1. The fourth-order valence-corrected chi connectivity index (χ4v) is 5.26. The summed E-state index contributed by atoms with van der Waals surface area (Å²) >= 11 is 7.67. The van der Waals surface area contributed by atoms with Crippen molar-refractivity contribution in [3.63, 3.8) is 0 Å². The first kappa shape index (κ1) is 19.2. The Kier molecular flexibility index (Phi) is 4.42. The molecule has 2 aromatic carbocycles. The summed E-state index contributed by atoms with van der Waals surface area (Å²) in [4.78, 5) is 27.4. The monoisotopic (exact) mass is 448 g/mol. The van der Waals surface area contributed by atoms with Crippen LogP contribution in [0.5, 0.6) is 0 Å². The number of nitrogens with zero attached hydrogens (tertiary/aromatic N) is 2. The zero-order valence-corrected chi connectivity index (χ0v) is 17.0. The van der Waals surface area contributed by atoms with E-state index in [1.54, 1.807) is 9.47 Å². The third-order valence-electron chi connectivity index (χ3n) is 5.37. The molecule has 0 amide bonds. The van der Waals surface area contributed by atoms with E-state index in [4.69, 9.17) is 17.3 Å². The van der Waals surface area contributed by atoms with Crippen LogP contribution in [0.3, 0.4) is 0 Å². The Balaban J connectivity index is 1.96. The second kappa shape index (κ2) is 6.90. The molecular formula is C20H15ClF2N4O2S. The van der Waals surface area contributed by atoms with Gasteiger partial charge in [-0.15, -0.1) is 0 Å². The number of rotatable bonds is 2. The topological polar surface area (TPSA) is 84.1 Å². The van der Waals surface area contributed by atoms with Crippen LogP contribution in [0.1, 0.15) is 6.42 Å². The Morgan fingerprint density at radius 3 is 2.60 bits per heavy atom. The van der Waals surface area contributed by atoms with Crippen LogP contribution in [-0.2, 0) is 0 Å². The van der Waals surface area contributed by atoms with Gasteiger partial charge in [0.05, 0.1) is 21.6 Å². The van der Waals surface area contributed by atoms with Crippen LogP contribution in [0, 0.1) is 11.6 Å². The summed E-state index contributed by atoms with van der Waals surface area (Å²) < 4.78 is 32.8. The number of pyridine rings is 1. The minimum absolute atomic E-state index is 0.0227. The van der Waals surface area contributed by atoms with Crippen molar-refractivity contribution in [3.05, 3.63) is 67.6 Å². The maximum atomic E-state index is 15.1. The minimum atomic E-state index is -0.657. The van der Waals surface area contributed by atoms with E-state index >= 15 is 4.39 Å². The highest BCUT2D eigenvalue weighted by molar-refractivity contribution is 7.12. The predicted octanol–water partition coefficient (Wildman–Crippen LogP) is 3.36. The molecule has 0 bridgehead atoms. The van der Waals surface area contributed by atoms with Crippen molar-refractivity contribution in [3.8, 4) is 5.69 Å². The van der Waals surface area contributed by atoms with Crippen LogP contribution in [0.25, 0.3) is 26.8 Å². The first-order chi connectivity index (χ1) is 14.4. The lowest BCUT2D eigenvalue weighted by atomic mass is 10.1. The summed E-state index contributed by atoms with van der Waals surface area (Å²) in [5.41, 5.74) is 5.71. The van der Waals surface area contributed by atoms with Crippen molar-refractivity contribution in [2.45, 2.75) is 12.5 Å². The van der Waals surface area contributed by atoms with E-state index in [0.717, 1.165) is 17.6 Å². The lowest BCUT2D eigenvalue weighted by molar-refractivity contribution is 0.624. The number of hydrogen-bond donors (Lipinski definition) is 2. The molecule has 2 aromatic heterocycles. The number of aromatic nitrogens is 2. The number of benzene rings is 2. The number of H-pyrrole nitrogens is 1. The van der Waals surface area contributed by atoms with E-state index < -0.39 is 22.6 Å². The standard InChI is InChI=1S/C20H15ClF2N4O2S/c21-15-16-12(7-13(23)17(15)26-6-5-10(24)8-26)18(28)14-19(29)25-30-20(14)27(16)11-3-1-9(22)2-4-11/h1-4,7,10H,5-6,8,24H2,(H,25,29). The first-order valence-electron chi connectivity index (χ1n) is 9.21. The molecule has 0 radical (unpaired) electrons. The molecule has 30 heavy (non-hydrogen) atoms. The number of aromatic amines is 1. The van der Waals surface area contributed by atoms with E-state index in [-0.39, 0.29) is 33.0 Å². The molecule has 1 atom stereocenters. The Bertz CT molecular complexity index is 1430. The van der Waals surface area contributed by atoms with Crippen molar-refractivity contribution in [1.29, 1.82) is 0 Å². The molecule has 0 spiro atoms. The molecule has 5 rings (SSSR count). The van der Waals surface area contributed by atoms with Gasteiger partial charge in [0.1, 0.15) is 21.9 Å². The highest BCUT2D eigenvalue weighted by Gasteiger charge is 2.28. The van der Waals surface area contributed by atoms with Crippen LogP contribution in [0.15, 0.2) is 39.9 Å². The van der Waals surface area contributed by atoms with Gasteiger partial charge in [0.25, 0.3) is 5.56 Å². The molecule has 1 aliphatic heterocycles. The Hall–Kier alpha value is -2.75. The molecule has 6 nitrogen and oxygen atoms in total.